The second kappa shape index (κ2) is 14.0. The molecule has 0 N–H and O–H groups in total. The lowest BCUT2D eigenvalue weighted by Gasteiger charge is -2.31. The summed E-state index contributed by atoms with van der Waals surface area (Å²) in [6, 6.07) is 0. The van der Waals surface area contributed by atoms with Crippen molar-refractivity contribution >= 4 is 12.3 Å². The number of ether oxygens (including phenoxy) is 5. The molecule has 0 saturated carbocycles. The summed E-state index contributed by atoms with van der Waals surface area (Å²) in [5.41, 5.74) is -1.37. The second-order valence-corrected chi connectivity index (χ2v) is 6.48. The van der Waals surface area contributed by atoms with Gasteiger partial charge in [-0.1, -0.05) is 46.4 Å². The predicted molar refractivity (Wildman–Crippen MR) is 107 cm³/mol. The van der Waals surface area contributed by atoms with Crippen LogP contribution in [0, 0.1) is 0 Å². The zero-order valence-corrected chi connectivity index (χ0v) is 17.8. The Bertz CT molecular complexity index is 479. The lowest BCUT2D eigenvalue weighted by Crippen LogP contribution is -2.39. The molecule has 0 bridgehead atoms. The summed E-state index contributed by atoms with van der Waals surface area (Å²) in [4.78, 5) is 23.7. The molecule has 162 valence electrons. The van der Waals surface area contributed by atoms with Gasteiger partial charge in [0.2, 0.25) is 0 Å². The smallest absolute Gasteiger partial charge is 0.432 e. The molecule has 0 rings (SSSR count). The standard InChI is InChI=1S/C21H36O7/c1-7-13-20(9-3,10-4)27-19(23)26-16-15-24-17-21(11-5,12-6)28-18(22)25-14-8-2/h7-8H,1-2,9-17H2,3-6H3. The van der Waals surface area contributed by atoms with Crippen LogP contribution in [-0.4, -0.2) is 49.9 Å². The van der Waals surface area contributed by atoms with Gasteiger partial charge in [0.25, 0.3) is 0 Å². The molecule has 0 radical (unpaired) electrons. The summed E-state index contributed by atoms with van der Waals surface area (Å²) in [5, 5.41) is 0. The van der Waals surface area contributed by atoms with Crippen LogP contribution in [0.15, 0.2) is 25.3 Å². The highest BCUT2D eigenvalue weighted by molar-refractivity contribution is 5.61. The number of rotatable bonds is 15. The van der Waals surface area contributed by atoms with E-state index < -0.39 is 23.5 Å². The lowest BCUT2D eigenvalue weighted by molar-refractivity contribution is -0.0907. The fraction of sp³-hybridized carbons (Fsp3) is 0.714. The summed E-state index contributed by atoms with van der Waals surface area (Å²) in [6.45, 7) is 15.4. The SMILES string of the molecule is C=CCOC(=O)OC(CC)(CC)COCCOC(=O)OC(CC)(CC)CC=C. The van der Waals surface area contributed by atoms with E-state index in [4.69, 9.17) is 23.7 Å². The van der Waals surface area contributed by atoms with Crippen LogP contribution in [0.3, 0.4) is 0 Å². The fourth-order valence-corrected chi connectivity index (χ4v) is 2.60. The van der Waals surface area contributed by atoms with E-state index in [-0.39, 0.29) is 26.4 Å². The Morgan fingerprint density at radius 1 is 0.786 bits per heavy atom. The Hall–Kier alpha value is -2.02. The van der Waals surface area contributed by atoms with Crippen molar-refractivity contribution < 1.29 is 33.3 Å². The molecule has 0 atom stereocenters. The van der Waals surface area contributed by atoms with Crippen LogP contribution in [0.2, 0.25) is 0 Å². The van der Waals surface area contributed by atoms with Crippen molar-refractivity contribution in [2.24, 2.45) is 0 Å². The minimum Gasteiger partial charge on any atom is -0.432 e. The Kier molecular flexibility index (Phi) is 13.0. The Labute approximate surface area is 169 Å². The van der Waals surface area contributed by atoms with Crippen LogP contribution in [0.5, 0.6) is 0 Å². The summed E-state index contributed by atoms with van der Waals surface area (Å²) in [6.07, 6.45) is 4.76. The monoisotopic (exact) mass is 400 g/mol. The first-order valence-corrected chi connectivity index (χ1v) is 9.87. The van der Waals surface area contributed by atoms with Crippen molar-refractivity contribution in [3.8, 4) is 0 Å². The van der Waals surface area contributed by atoms with Gasteiger partial charge in [-0.25, -0.2) is 9.59 Å². The zero-order valence-electron chi connectivity index (χ0n) is 17.8. The third-order valence-corrected chi connectivity index (χ3v) is 4.83. The van der Waals surface area contributed by atoms with Crippen LogP contribution in [-0.2, 0) is 23.7 Å². The van der Waals surface area contributed by atoms with E-state index in [0.29, 0.717) is 32.1 Å². The van der Waals surface area contributed by atoms with Crippen molar-refractivity contribution in [1.29, 1.82) is 0 Å². The lowest BCUT2D eigenvalue weighted by atomic mass is 9.93. The topological polar surface area (TPSA) is 80.3 Å². The van der Waals surface area contributed by atoms with Gasteiger partial charge in [-0.05, 0) is 25.7 Å². The minimum absolute atomic E-state index is 0.0425. The maximum absolute atomic E-state index is 11.9. The summed E-state index contributed by atoms with van der Waals surface area (Å²) in [5.74, 6) is 0. The predicted octanol–water partition coefficient (Wildman–Crippen LogP) is 5.19. The second-order valence-electron chi connectivity index (χ2n) is 6.48. The van der Waals surface area contributed by atoms with Crippen LogP contribution < -0.4 is 0 Å². The van der Waals surface area contributed by atoms with Gasteiger partial charge in [0.1, 0.15) is 24.4 Å². The molecule has 0 unspecified atom stereocenters. The molecule has 7 heteroatoms. The van der Waals surface area contributed by atoms with E-state index in [2.05, 4.69) is 13.2 Å². The largest absolute Gasteiger partial charge is 0.509 e. The van der Waals surface area contributed by atoms with Crippen molar-refractivity contribution in [2.75, 3.05) is 26.4 Å². The van der Waals surface area contributed by atoms with Crippen LogP contribution in [0.4, 0.5) is 9.59 Å². The maximum atomic E-state index is 11.9. The van der Waals surface area contributed by atoms with Gasteiger partial charge in [0, 0.05) is 6.42 Å². The molecule has 0 saturated heterocycles. The molecule has 0 aliphatic rings. The quantitative estimate of drug-likeness (QED) is 0.213. The minimum atomic E-state index is -0.789. The van der Waals surface area contributed by atoms with Gasteiger partial charge < -0.3 is 23.7 Å². The van der Waals surface area contributed by atoms with Crippen molar-refractivity contribution in [1.82, 2.24) is 0 Å². The molecule has 0 fully saturated rings. The molecule has 28 heavy (non-hydrogen) atoms. The third kappa shape index (κ3) is 9.26. The zero-order chi connectivity index (χ0) is 21.5. The molecule has 0 aliphatic carbocycles. The number of carbonyl (C=O) groups is 2. The van der Waals surface area contributed by atoms with E-state index in [9.17, 15) is 9.59 Å². The first kappa shape index (κ1) is 26.0. The van der Waals surface area contributed by atoms with E-state index in [1.807, 2.05) is 27.7 Å². The van der Waals surface area contributed by atoms with E-state index >= 15 is 0 Å². The highest BCUT2D eigenvalue weighted by Crippen LogP contribution is 2.26. The molecule has 7 nitrogen and oxygen atoms in total. The number of hydrogen-bond acceptors (Lipinski definition) is 7. The Morgan fingerprint density at radius 3 is 1.82 bits per heavy atom. The van der Waals surface area contributed by atoms with Crippen LogP contribution in [0.1, 0.15) is 59.8 Å². The summed E-state index contributed by atoms with van der Waals surface area (Å²) < 4.78 is 26.4. The molecule has 0 aliphatic heterocycles. The average Bonchev–Trinajstić information content (AvgIpc) is 2.70. The third-order valence-electron chi connectivity index (χ3n) is 4.83. The molecule has 0 aromatic heterocycles. The molecule has 0 heterocycles. The first-order chi connectivity index (χ1) is 13.4. The van der Waals surface area contributed by atoms with Gasteiger partial charge in [0.05, 0.1) is 13.2 Å². The van der Waals surface area contributed by atoms with E-state index in [0.717, 1.165) is 0 Å². The van der Waals surface area contributed by atoms with Gasteiger partial charge in [-0.2, -0.15) is 0 Å². The molecule has 0 aromatic carbocycles. The van der Waals surface area contributed by atoms with Gasteiger partial charge in [-0.3, -0.25) is 0 Å². The number of hydrogen-bond donors (Lipinski definition) is 0. The molecule has 0 spiro atoms. The summed E-state index contributed by atoms with van der Waals surface area (Å²) >= 11 is 0. The van der Waals surface area contributed by atoms with Crippen molar-refractivity contribution in [3.63, 3.8) is 0 Å². The Balaban J connectivity index is 4.39. The molecule has 0 aromatic rings. The average molecular weight is 401 g/mol. The molecular formula is C21H36O7. The van der Waals surface area contributed by atoms with Gasteiger partial charge >= 0.3 is 12.3 Å². The van der Waals surface area contributed by atoms with Gasteiger partial charge in [0.15, 0.2) is 0 Å². The summed E-state index contributed by atoms with van der Waals surface area (Å²) in [7, 11) is 0. The number of carbonyl (C=O) groups excluding carboxylic acids is 2. The van der Waals surface area contributed by atoms with E-state index in [1.165, 1.54) is 6.08 Å². The first-order valence-electron chi connectivity index (χ1n) is 9.87. The van der Waals surface area contributed by atoms with Crippen molar-refractivity contribution in [3.05, 3.63) is 25.3 Å². The van der Waals surface area contributed by atoms with Crippen molar-refractivity contribution in [2.45, 2.75) is 71.0 Å². The van der Waals surface area contributed by atoms with Gasteiger partial charge in [-0.15, -0.1) is 6.58 Å². The maximum Gasteiger partial charge on any atom is 0.509 e. The molecular weight excluding hydrogens is 364 g/mol. The highest BCUT2D eigenvalue weighted by atomic mass is 16.7. The molecule has 0 amide bonds. The van der Waals surface area contributed by atoms with E-state index in [1.54, 1.807) is 6.08 Å². The normalized spacial score (nSPS) is 11.4. The van der Waals surface area contributed by atoms with Crippen LogP contribution >= 0.6 is 0 Å². The highest BCUT2D eigenvalue weighted by Gasteiger charge is 2.32. The van der Waals surface area contributed by atoms with Crippen LogP contribution in [0.25, 0.3) is 0 Å². The fourth-order valence-electron chi connectivity index (χ4n) is 2.60. The Morgan fingerprint density at radius 2 is 1.32 bits per heavy atom.